The van der Waals surface area contributed by atoms with Gasteiger partial charge in [-0.15, -0.1) is 0 Å². The summed E-state index contributed by atoms with van der Waals surface area (Å²) in [5.74, 6) is 0. The Morgan fingerprint density at radius 3 is 2.85 bits per heavy atom. The molecule has 1 aliphatic rings. The molecular weight excluding hydrogens is 332 g/mol. The van der Waals surface area contributed by atoms with Crippen molar-refractivity contribution in [3.63, 3.8) is 0 Å². The van der Waals surface area contributed by atoms with Crippen molar-refractivity contribution in [3.8, 4) is 0 Å². The monoisotopic (exact) mass is 344 g/mol. The number of hydrogen-bond acceptors (Lipinski definition) is 7. The summed E-state index contributed by atoms with van der Waals surface area (Å²) in [6.45, 7) is 1.05. The zero-order valence-electron chi connectivity index (χ0n) is 10.5. The number of nitrogens with zero attached hydrogens (tertiary/aromatic N) is 4. The van der Waals surface area contributed by atoms with E-state index in [1.54, 1.807) is 0 Å². The molecule has 1 saturated heterocycles. The van der Waals surface area contributed by atoms with Gasteiger partial charge in [-0.1, -0.05) is 0 Å². The van der Waals surface area contributed by atoms with E-state index in [1.165, 1.54) is 24.1 Å². The lowest BCUT2D eigenvalue weighted by molar-refractivity contribution is -0.0950. The maximum absolute atomic E-state index is 10.4. The number of fused-ring (bicyclic) bond motifs is 1. The highest BCUT2D eigenvalue weighted by Gasteiger charge is 2.53. The molecule has 1 fully saturated rings. The Labute approximate surface area is 122 Å². The fourth-order valence-corrected chi connectivity index (χ4v) is 2.76. The molecule has 2 aromatic heterocycles. The second-order valence-electron chi connectivity index (χ2n) is 4.87. The quantitative estimate of drug-likeness (QED) is 0.634. The first-order valence-corrected chi connectivity index (χ1v) is 6.76. The highest BCUT2D eigenvalue weighted by Crippen LogP contribution is 2.39. The minimum absolute atomic E-state index is 0.390. The first-order chi connectivity index (χ1) is 9.46. The molecule has 0 amide bonds. The molecule has 0 unspecified atom stereocenters. The average Bonchev–Trinajstić information content (AvgIpc) is 2.92. The Morgan fingerprint density at radius 2 is 2.20 bits per heavy atom. The molecule has 0 spiro atoms. The van der Waals surface area contributed by atoms with Crippen LogP contribution in [0.25, 0.3) is 11.2 Å². The number of ether oxygens (including phenoxy) is 1. The van der Waals surface area contributed by atoms with Gasteiger partial charge in [0.2, 0.25) is 0 Å². The molecule has 3 heterocycles. The number of halogens is 1. The van der Waals surface area contributed by atoms with Crippen molar-refractivity contribution < 1.29 is 20.1 Å². The van der Waals surface area contributed by atoms with Gasteiger partial charge in [0, 0.05) is 0 Å². The predicted octanol–water partition coefficient (Wildman–Crippen LogP) is -0.410. The largest absolute Gasteiger partial charge is 0.394 e. The van der Waals surface area contributed by atoms with Crippen LogP contribution < -0.4 is 0 Å². The number of aliphatic hydroxyl groups is 3. The Bertz CT molecular complexity index is 646. The van der Waals surface area contributed by atoms with Gasteiger partial charge in [-0.3, -0.25) is 4.57 Å². The molecule has 0 bridgehead atoms. The first kappa shape index (κ1) is 13.8. The molecule has 108 valence electrons. The maximum Gasteiger partial charge on any atom is 0.168 e. The van der Waals surface area contributed by atoms with Crippen molar-refractivity contribution >= 4 is 27.1 Å². The van der Waals surface area contributed by atoms with Crippen molar-refractivity contribution in [2.75, 3.05) is 6.61 Å². The topological polar surface area (TPSA) is 114 Å². The zero-order valence-corrected chi connectivity index (χ0v) is 12.1. The third kappa shape index (κ3) is 1.85. The first-order valence-electron chi connectivity index (χ1n) is 5.96. The van der Waals surface area contributed by atoms with E-state index < -0.39 is 24.0 Å². The van der Waals surface area contributed by atoms with Gasteiger partial charge in [0.05, 0.1) is 12.9 Å². The summed E-state index contributed by atoms with van der Waals surface area (Å²) in [6, 6.07) is 0. The van der Waals surface area contributed by atoms with E-state index in [0.29, 0.717) is 15.8 Å². The molecule has 8 nitrogen and oxygen atoms in total. The standard InChI is InChI=1S/C11H13BrN4O4/c1-11(19)7(18)5(2-17)20-10(11)16-4-15-6-8(12)13-3-14-9(6)16/h3-5,7,10,17-19H,2H2,1H3/t5-,7-,10-,11-/m1/s1. The van der Waals surface area contributed by atoms with Gasteiger partial charge >= 0.3 is 0 Å². The van der Waals surface area contributed by atoms with E-state index in [0.717, 1.165) is 0 Å². The summed E-state index contributed by atoms with van der Waals surface area (Å²) in [5.41, 5.74) is -0.588. The van der Waals surface area contributed by atoms with Crippen LogP contribution in [-0.4, -0.2) is 59.3 Å². The van der Waals surface area contributed by atoms with Gasteiger partial charge in [-0.25, -0.2) is 15.0 Å². The lowest BCUT2D eigenvalue weighted by Crippen LogP contribution is -2.44. The van der Waals surface area contributed by atoms with Gasteiger partial charge in [0.25, 0.3) is 0 Å². The highest BCUT2D eigenvalue weighted by molar-refractivity contribution is 9.10. The van der Waals surface area contributed by atoms with Gasteiger partial charge in [-0.2, -0.15) is 0 Å². The van der Waals surface area contributed by atoms with Crippen LogP contribution in [0.2, 0.25) is 0 Å². The summed E-state index contributed by atoms with van der Waals surface area (Å²) in [7, 11) is 0. The van der Waals surface area contributed by atoms with E-state index in [2.05, 4.69) is 30.9 Å². The lowest BCUT2D eigenvalue weighted by atomic mass is 9.96. The fraction of sp³-hybridized carbons (Fsp3) is 0.545. The van der Waals surface area contributed by atoms with Crippen LogP contribution in [0.15, 0.2) is 17.3 Å². The van der Waals surface area contributed by atoms with Crippen molar-refractivity contribution in [1.82, 2.24) is 19.5 Å². The van der Waals surface area contributed by atoms with Crippen LogP contribution in [0.5, 0.6) is 0 Å². The number of aliphatic hydroxyl groups excluding tert-OH is 2. The third-order valence-electron chi connectivity index (χ3n) is 3.50. The Morgan fingerprint density at radius 1 is 1.45 bits per heavy atom. The molecule has 0 aromatic carbocycles. The average molecular weight is 345 g/mol. The Hall–Kier alpha value is -1.13. The second-order valence-corrected chi connectivity index (χ2v) is 5.62. The van der Waals surface area contributed by atoms with E-state index in [-0.39, 0.29) is 6.61 Å². The Kier molecular flexibility index (Phi) is 3.26. The molecule has 4 atom stereocenters. The normalized spacial score (nSPS) is 34.0. The fourth-order valence-electron chi connectivity index (χ4n) is 2.39. The maximum atomic E-state index is 10.4. The van der Waals surface area contributed by atoms with Gasteiger partial charge < -0.3 is 20.1 Å². The van der Waals surface area contributed by atoms with E-state index in [1.807, 2.05) is 0 Å². The van der Waals surface area contributed by atoms with Crippen molar-refractivity contribution in [1.29, 1.82) is 0 Å². The number of aromatic nitrogens is 4. The third-order valence-corrected chi connectivity index (χ3v) is 4.08. The predicted molar refractivity (Wildman–Crippen MR) is 70.6 cm³/mol. The van der Waals surface area contributed by atoms with Gasteiger partial charge in [0.1, 0.15) is 34.3 Å². The summed E-state index contributed by atoms with van der Waals surface area (Å²) < 4.78 is 7.57. The minimum Gasteiger partial charge on any atom is -0.394 e. The molecule has 1 aliphatic heterocycles. The zero-order chi connectivity index (χ0) is 14.5. The second kappa shape index (κ2) is 4.71. The molecular formula is C11H13BrN4O4. The molecule has 0 aliphatic carbocycles. The van der Waals surface area contributed by atoms with Gasteiger partial charge in [0.15, 0.2) is 11.9 Å². The molecule has 3 N–H and O–H groups in total. The van der Waals surface area contributed by atoms with Crippen LogP contribution in [-0.2, 0) is 4.74 Å². The van der Waals surface area contributed by atoms with Crippen molar-refractivity contribution in [3.05, 3.63) is 17.3 Å². The highest BCUT2D eigenvalue weighted by atomic mass is 79.9. The summed E-state index contributed by atoms with van der Waals surface area (Å²) in [4.78, 5) is 12.2. The lowest BCUT2D eigenvalue weighted by Gasteiger charge is -2.27. The van der Waals surface area contributed by atoms with Crippen LogP contribution in [0, 0.1) is 0 Å². The van der Waals surface area contributed by atoms with Crippen molar-refractivity contribution in [2.45, 2.75) is 31.0 Å². The minimum atomic E-state index is -1.57. The summed E-state index contributed by atoms with van der Waals surface area (Å²) in [6.07, 6.45) is -0.163. The summed E-state index contributed by atoms with van der Waals surface area (Å²) >= 11 is 3.27. The van der Waals surface area contributed by atoms with E-state index in [4.69, 9.17) is 4.74 Å². The molecule has 20 heavy (non-hydrogen) atoms. The Balaban J connectivity index is 2.10. The molecule has 0 radical (unpaired) electrons. The summed E-state index contributed by atoms with van der Waals surface area (Å²) in [5, 5.41) is 29.6. The van der Waals surface area contributed by atoms with Gasteiger partial charge in [-0.05, 0) is 22.9 Å². The molecule has 0 saturated carbocycles. The number of imidazole rings is 1. The van der Waals surface area contributed by atoms with E-state index >= 15 is 0 Å². The molecule has 3 rings (SSSR count). The van der Waals surface area contributed by atoms with Crippen LogP contribution in [0.1, 0.15) is 13.2 Å². The van der Waals surface area contributed by atoms with Crippen LogP contribution in [0.3, 0.4) is 0 Å². The van der Waals surface area contributed by atoms with Crippen molar-refractivity contribution in [2.24, 2.45) is 0 Å². The number of hydrogen-bond donors (Lipinski definition) is 3. The van der Waals surface area contributed by atoms with Crippen LogP contribution >= 0.6 is 15.9 Å². The van der Waals surface area contributed by atoms with Crippen LogP contribution in [0.4, 0.5) is 0 Å². The smallest absolute Gasteiger partial charge is 0.168 e. The molecule has 9 heteroatoms. The van der Waals surface area contributed by atoms with E-state index in [9.17, 15) is 15.3 Å². The SMILES string of the molecule is C[C@@]1(O)[C@H](O)[C@@H](CO)O[C@H]1n1cnc2c(Br)ncnc21. The molecule has 2 aromatic rings. The number of rotatable bonds is 2.